The average molecular weight is 316 g/mol. The molecule has 0 aliphatic carbocycles. The van der Waals surface area contributed by atoms with Crippen LogP contribution in [0.15, 0.2) is 47.7 Å². The number of amides is 1. The second kappa shape index (κ2) is 8.83. The third-order valence-electron chi connectivity index (χ3n) is 2.46. The second-order valence-corrected chi connectivity index (χ2v) is 4.19. The summed E-state index contributed by atoms with van der Waals surface area (Å²) in [5, 5.41) is 7.98. The average Bonchev–Trinajstić information content (AvgIpc) is 2.44. The molecule has 0 saturated heterocycles. The van der Waals surface area contributed by atoms with Crippen LogP contribution in [0.25, 0.3) is 0 Å². The first-order valence-corrected chi connectivity index (χ1v) is 6.27. The molecule has 0 saturated carbocycles. The molecule has 0 bridgehead atoms. The summed E-state index contributed by atoms with van der Waals surface area (Å²) in [5.74, 6) is 4.42. The predicted octanol–water partition coefficient (Wildman–Crippen LogP) is 2.19. The Morgan fingerprint density at radius 1 is 1.27 bits per heavy atom. The number of hydrogen-bond donors (Lipinski definition) is 3. The molecular weight excluding hydrogens is 297 g/mol. The highest BCUT2D eigenvalue weighted by Crippen LogP contribution is 2.21. The lowest BCUT2D eigenvalue weighted by Crippen LogP contribution is -2.42. The summed E-state index contributed by atoms with van der Waals surface area (Å²) in [6.07, 6.45) is 4.12. The van der Waals surface area contributed by atoms with Gasteiger partial charge in [-0.15, -0.1) is 0 Å². The van der Waals surface area contributed by atoms with Crippen LogP contribution >= 0.6 is 0 Å². The smallest absolute Gasteiger partial charge is 0.395 e. The monoisotopic (exact) mass is 316 g/mol. The van der Waals surface area contributed by atoms with Gasteiger partial charge in [-0.1, -0.05) is 30.4 Å². The van der Waals surface area contributed by atoms with Crippen molar-refractivity contribution in [1.82, 2.24) is 5.01 Å². The summed E-state index contributed by atoms with van der Waals surface area (Å²) >= 11 is 0. The van der Waals surface area contributed by atoms with E-state index in [0.29, 0.717) is 10.6 Å². The number of carbonyl (C=O) groups excluding carboxylic acids is 1. The first kappa shape index (κ1) is 19.7. The van der Waals surface area contributed by atoms with E-state index >= 15 is 0 Å². The molecule has 0 fully saturated rings. The van der Waals surface area contributed by atoms with Crippen molar-refractivity contribution in [2.24, 2.45) is 11.6 Å². The van der Waals surface area contributed by atoms with Crippen LogP contribution in [-0.2, 0) is 4.79 Å². The zero-order valence-electron chi connectivity index (χ0n) is 12.3. The van der Waals surface area contributed by atoms with Crippen LogP contribution in [0.2, 0.25) is 0 Å². The van der Waals surface area contributed by atoms with Gasteiger partial charge in [-0.3, -0.25) is 15.2 Å². The third kappa shape index (κ3) is 6.89. The number of hydrogen-bond acceptors (Lipinski definition) is 4. The molecule has 0 aromatic heterocycles. The summed E-state index contributed by atoms with van der Waals surface area (Å²) in [5.41, 5.74) is 2.94. The Bertz CT molecular complexity index is 531. The standard InChI is InChI=1S/C14H19F3N4O/c1-3-5-6-7-10(4-2)9-21(20)13(22)11(18)8-12(19)14(15,16)17/h3-8,18H,9,19-20H2,1-2H3/b5-3-,7-6-,10-4+,12-8?,18-11?. The first-order valence-electron chi connectivity index (χ1n) is 6.27. The molecule has 0 aliphatic rings. The van der Waals surface area contributed by atoms with Crippen LogP contribution in [0.1, 0.15) is 13.8 Å². The van der Waals surface area contributed by atoms with Gasteiger partial charge in [-0.25, -0.2) is 5.84 Å². The lowest BCUT2D eigenvalue weighted by molar-refractivity contribution is -0.123. The minimum atomic E-state index is -4.80. The van der Waals surface area contributed by atoms with Gasteiger partial charge in [0, 0.05) is 0 Å². The van der Waals surface area contributed by atoms with Crippen LogP contribution in [0.4, 0.5) is 13.2 Å². The summed E-state index contributed by atoms with van der Waals surface area (Å²) < 4.78 is 36.7. The van der Waals surface area contributed by atoms with Crippen molar-refractivity contribution in [3.8, 4) is 0 Å². The molecule has 0 spiro atoms. The van der Waals surface area contributed by atoms with Crippen molar-refractivity contribution in [3.05, 3.63) is 47.7 Å². The summed E-state index contributed by atoms with van der Waals surface area (Å²) in [7, 11) is 0. The van der Waals surface area contributed by atoms with Gasteiger partial charge < -0.3 is 5.73 Å². The summed E-state index contributed by atoms with van der Waals surface area (Å²) in [6, 6.07) is 0. The predicted molar refractivity (Wildman–Crippen MR) is 79.7 cm³/mol. The quantitative estimate of drug-likeness (QED) is 0.230. The van der Waals surface area contributed by atoms with E-state index in [1.807, 2.05) is 6.92 Å². The fourth-order valence-corrected chi connectivity index (χ4v) is 1.25. The fourth-order valence-electron chi connectivity index (χ4n) is 1.25. The highest BCUT2D eigenvalue weighted by molar-refractivity contribution is 6.42. The van der Waals surface area contributed by atoms with Crippen LogP contribution in [0.3, 0.4) is 0 Å². The molecule has 0 atom stereocenters. The molecule has 0 radical (unpaired) electrons. The number of nitrogens with two attached hydrogens (primary N) is 2. The summed E-state index contributed by atoms with van der Waals surface area (Å²) in [4.78, 5) is 11.7. The van der Waals surface area contributed by atoms with Crippen molar-refractivity contribution in [3.63, 3.8) is 0 Å². The van der Waals surface area contributed by atoms with Crippen LogP contribution in [-0.4, -0.2) is 29.3 Å². The van der Waals surface area contributed by atoms with Crippen LogP contribution in [0, 0.1) is 5.41 Å². The van der Waals surface area contributed by atoms with Crippen LogP contribution in [0.5, 0.6) is 0 Å². The Balaban J connectivity index is 4.90. The molecule has 22 heavy (non-hydrogen) atoms. The third-order valence-corrected chi connectivity index (χ3v) is 2.46. The van der Waals surface area contributed by atoms with Gasteiger partial charge in [0.2, 0.25) is 0 Å². The molecule has 1 amide bonds. The zero-order chi connectivity index (χ0) is 17.3. The highest BCUT2D eigenvalue weighted by atomic mass is 19.4. The van der Waals surface area contributed by atoms with Crippen molar-refractivity contribution in [1.29, 1.82) is 5.41 Å². The number of carbonyl (C=O) groups is 1. The minimum absolute atomic E-state index is 0.0501. The molecule has 5 N–H and O–H groups in total. The van der Waals surface area contributed by atoms with Gasteiger partial charge in [0.25, 0.3) is 5.91 Å². The maximum atomic E-state index is 12.2. The first-order chi connectivity index (χ1) is 10.1. The number of hydrazine groups is 1. The lowest BCUT2D eigenvalue weighted by atomic mass is 10.2. The molecule has 0 aromatic rings. The van der Waals surface area contributed by atoms with Crippen molar-refractivity contribution in [2.45, 2.75) is 20.0 Å². The Hall–Kier alpha value is -2.35. The van der Waals surface area contributed by atoms with Gasteiger partial charge in [0.05, 0.1) is 6.54 Å². The summed E-state index contributed by atoms with van der Waals surface area (Å²) in [6.45, 7) is 3.50. The van der Waals surface area contributed by atoms with E-state index in [4.69, 9.17) is 17.0 Å². The largest absolute Gasteiger partial charge is 0.430 e. The Morgan fingerprint density at radius 3 is 2.32 bits per heavy atom. The molecule has 0 aliphatic heterocycles. The number of halogens is 3. The highest BCUT2D eigenvalue weighted by Gasteiger charge is 2.32. The van der Waals surface area contributed by atoms with Gasteiger partial charge in [-0.2, -0.15) is 13.2 Å². The fraction of sp³-hybridized carbons (Fsp3) is 0.286. The maximum Gasteiger partial charge on any atom is 0.430 e. The lowest BCUT2D eigenvalue weighted by Gasteiger charge is -2.17. The van der Waals surface area contributed by atoms with E-state index in [0.717, 1.165) is 0 Å². The Labute approximate surface area is 126 Å². The minimum Gasteiger partial charge on any atom is -0.395 e. The molecule has 0 heterocycles. The topological polar surface area (TPSA) is 96.2 Å². The van der Waals surface area contributed by atoms with Crippen molar-refractivity contribution >= 4 is 11.6 Å². The second-order valence-electron chi connectivity index (χ2n) is 4.19. The number of nitrogens with one attached hydrogen (secondary N) is 1. The molecule has 0 unspecified atom stereocenters. The number of rotatable bonds is 6. The van der Waals surface area contributed by atoms with E-state index in [-0.39, 0.29) is 12.6 Å². The molecular formula is C14H19F3N4O. The Morgan fingerprint density at radius 2 is 1.86 bits per heavy atom. The van der Waals surface area contributed by atoms with Gasteiger partial charge >= 0.3 is 6.18 Å². The molecule has 8 heteroatoms. The number of allylic oxidation sites excluding steroid dienone is 5. The number of alkyl halides is 3. The van der Waals surface area contributed by atoms with E-state index in [1.54, 1.807) is 37.3 Å². The van der Waals surface area contributed by atoms with Gasteiger partial charge in [0.1, 0.15) is 11.4 Å². The van der Waals surface area contributed by atoms with E-state index in [1.165, 1.54) is 0 Å². The van der Waals surface area contributed by atoms with E-state index in [2.05, 4.69) is 0 Å². The van der Waals surface area contributed by atoms with Crippen molar-refractivity contribution in [2.75, 3.05) is 6.54 Å². The van der Waals surface area contributed by atoms with Gasteiger partial charge in [0.15, 0.2) is 0 Å². The van der Waals surface area contributed by atoms with E-state index in [9.17, 15) is 18.0 Å². The SMILES string of the molecule is C\C=C/C=C\C(=C/C)CN(N)C(=O)C(=N)C=C(N)C(F)(F)F. The molecule has 0 rings (SSSR count). The van der Waals surface area contributed by atoms with Crippen molar-refractivity contribution < 1.29 is 18.0 Å². The normalized spacial score (nSPS) is 13.9. The Kier molecular flexibility index (Phi) is 7.89. The maximum absolute atomic E-state index is 12.2. The van der Waals surface area contributed by atoms with Gasteiger partial charge in [-0.05, 0) is 25.5 Å². The molecule has 0 aromatic carbocycles. The molecule has 5 nitrogen and oxygen atoms in total. The van der Waals surface area contributed by atoms with E-state index < -0.39 is 23.5 Å². The zero-order valence-corrected chi connectivity index (χ0v) is 12.3. The molecule has 122 valence electrons. The number of nitrogens with zero attached hydrogens (tertiary/aromatic N) is 1. The van der Waals surface area contributed by atoms with Crippen LogP contribution < -0.4 is 11.6 Å².